The number of primary amides is 1. The molecular weight excluding hydrogens is 282 g/mol. The van der Waals surface area contributed by atoms with E-state index in [1.165, 1.54) is 5.56 Å². The van der Waals surface area contributed by atoms with E-state index in [9.17, 15) is 9.59 Å². The molecule has 0 saturated carbocycles. The first-order valence-corrected chi connectivity index (χ1v) is 7.68. The molecule has 0 fully saturated rings. The number of esters is 1. The van der Waals surface area contributed by atoms with Crippen LogP contribution in [0.1, 0.15) is 56.0 Å². The molecule has 1 aromatic rings. The molecule has 0 aliphatic carbocycles. The lowest BCUT2D eigenvalue weighted by molar-refractivity contribution is 0.0197. The van der Waals surface area contributed by atoms with E-state index in [1.54, 1.807) is 26.0 Å². The molecule has 122 valence electrons. The van der Waals surface area contributed by atoms with Crippen LogP contribution in [0.3, 0.4) is 0 Å². The van der Waals surface area contributed by atoms with Gasteiger partial charge >= 0.3 is 12.1 Å². The van der Waals surface area contributed by atoms with Gasteiger partial charge in [0.1, 0.15) is 12.2 Å². The van der Waals surface area contributed by atoms with E-state index in [-0.39, 0.29) is 12.1 Å². The zero-order chi connectivity index (χ0) is 16.5. The number of ether oxygens (including phenoxy) is 2. The van der Waals surface area contributed by atoms with Gasteiger partial charge in [-0.1, -0.05) is 25.5 Å². The summed E-state index contributed by atoms with van der Waals surface area (Å²) in [5.74, 6) is -0.374. The largest absolute Gasteiger partial charge is 0.459 e. The molecule has 22 heavy (non-hydrogen) atoms. The second-order valence-corrected chi connectivity index (χ2v) is 5.50. The maximum absolute atomic E-state index is 12.0. The quantitative estimate of drug-likeness (QED) is 0.746. The number of rotatable bonds is 8. The SMILES string of the molecule is CCCCc1ccc(C(=O)OC(C)CC(C)OC(N)=O)cc1. The number of hydrogen-bond acceptors (Lipinski definition) is 4. The maximum atomic E-state index is 12.0. The van der Waals surface area contributed by atoms with Gasteiger partial charge in [-0.25, -0.2) is 9.59 Å². The molecule has 0 bridgehead atoms. The lowest BCUT2D eigenvalue weighted by Gasteiger charge is -2.17. The van der Waals surface area contributed by atoms with Crippen molar-refractivity contribution in [3.8, 4) is 0 Å². The van der Waals surface area contributed by atoms with Gasteiger partial charge in [-0.3, -0.25) is 0 Å². The van der Waals surface area contributed by atoms with Gasteiger partial charge < -0.3 is 15.2 Å². The predicted molar refractivity (Wildman–Crippen MR) is 84.7 cm³/mol. The Balaban J connectivity index is 2.48. The molecule has 0 saturated heterocycles. The Morgan fingerprint density at radius 1 is 1.09 bits per heavy atom. The third kappa shape index (κ3) is 6.61. The first kappa shape index (κ1) is 18.0. The molecule has 5 heteroatoms. The van der Waals surface area contributed by atoms with E-state index in [0.29, 0.717) is 12.0 Å². The van der Waals surface area contributed by atoms with Crippen molar-refractivity contribution < 1.29 is 19.1 Å². The van der Waals surface area contributed by atoms with Crippen LogP contribution in [0.5, 0.6) is 0 Å². The van der Waals surface area contributed by atoms with E-state index in [0.717, 1.165) is 19.3 Å². The summed E-state index contributed by atoms with van der Waals surface area (Å²) >= 11 is 0. The first-order chi connectivity index (χ1) is 10.4. The molecule has 1 rings (SSSR count). The fourth-order valence-corrected chi connectivity index (χ4v) is 2.20. The second-order valence-electron chi connectivity index (χ2n) is 5.50. The van der Waals surface area contributed by atoms with Gasteiger partial charge in [-0.15, -0.1) is 0 Å². The number of carbonyl (C=O) groups excluding carboxylic acids is 2. The third-order valence-corrected chi connectivity index (χ3v) is 3.30. The summed E-state index contributed by atoms with van der Waals surface area (Å²) in [5.41, 5.74) is 6.68. The number of hydrogen-bond donors (Lipinski definition) is 1. The normalized spacial score (nSPS) is 13.2. The van der Waals surface area contributed by atoms with Crippen LogP contribution in [0.4, 0.5) is 4.79 Å². The Morgan fingerprint density at radius 2 is 1.68 bits per heavy atom. The Labute approximate surface area is 131 Å². The smallest absolute Gasteiger partial charge is 0.404 e. The van der Waals surface area contributed by atoms with Gasteiger partial charge in [0.25, 0.3) is 0 Å². The van der Waals surface area contributed by atoms with Crippen molar-refractivity contribution in [3.63, 3.8) is 0 Å². The van der Waals surface area contributed by atoms with Crippen LogP contribution >= 0.6 is 0 Å². The van der Waals surface area contributed by atoms with Crippen LogP contribution in [-0.4, -0.2) is 24.3 Å². The number of carbonyl (C=O) groups is 2. The van der Waals surface area contributed by atoms with Gasteiger partial charge in [-0.05, 0) is 44.4 Å². The van der Waals surface area contributed by atoms with E-state index < -0.39 is 12.2 Å². The minimum absolute atomic E-state index is 0.360. The molecule has 0 aliphatic heterocycles. The van der Waals surface area contributed by atoms with Crippen molar-refractivity contribution in [2.75, 3.05) is 0 Å². The highest BCUT2D eigenvalue weighted by molar-refractivity contribution is 5.89. The topological polar surface area (TPSA) is 78.6 Å². The van der Waals surface area contributed by atoms with E-state index >= 15 is 0 Å². The number of nitrogens with two attached hydrogens (primary N) is 1. The molecule has 2 atom stereocenters. The van der Waals surface area contributed by atoms with E-state index in [4.69, 9.17) is 15.2 Å². The molecule has 0 heterocycles. The zero-order valence-corrected chi connectivity index (χ0v) is 13.5. The molecule has 5 nitrogen and oxygen atoms in total. The molecule has 0 aromatic heterocycles. The zero-order valence-electron chi connectivity index (χ0n) is 13.5. The summed E-state index contributed by atoms with van der Waals surface area (Å²) in [5, 5.41) is 0. The molecule has 2 unspecified atom stereocenters. The van der Waals surface area contributed by atoms with E-state index in [2.05, 4.69) is 6.92 Å². The van der Waals surface area contributed by atoms with Crippen molar-refractivity contribution in [1.82, 2.24) is 0 Å². The highest BCUT2D eigenvalue weighted by atomic mass is 16.6. The third-order valence-electron chi connectivity index (χ3n) is 3.30. The van der Waals surface area contributed by atoms with Gasteiger partial charge in [0.2, 0.25) is 0 Å². The standard InChI is InChI=1S/C17H25NO4/c1-4-5-6-14-7-9-15(10-8-14)16(19)21-12(2)11-13(3)22-17(18)20/h7-10,12-13H,4-6,11H2,1-3H3,(H2,18,20). The van der Waals surface area contributed by atoms with Gasteiger partial charge in [0.15, 0.2) is 0 Å². The summed E-state index contributed by atoms with van der Waals surface area (Å²) in [6.45, 7) is 5.61. The highest BCUT2D eigenvalue weighted by Gasteiger charge is 2.16. The lowest BCUT2D eigenvalue weighted by atomic mass is 10.1. The van der Waals surface area contributed by atoms with Crippen molar-refractivity contribution in [2.45, 2.75) is 58.7 Å². The monoisotopic (exact) mass is 307 g/mol. The maximum Gasteiger partial charge on any atom is 0.404 e. The van der Waals surface area contributed by atoms with Crippen LogP contribution in [0.15, 0.2) is 24.3 Å². The van der Waals surface area contributed by atoms with Crippen LogP contribution in [0.2, 0.25) is 0 Å². The number of aryl methyl sites for hydroxylation is 1. The van der Waals surface area contributed by atoms with Crippen LogP contribution in [-0.2, 0) is 15.9 Å². The molecule has 0 radical (unpaired) electrons. The van der Waals surface area contributed by atoms with E-state index in [1.807, 2.05) is 12.1 Å². The summed E-state index contributed by atoms with van der Waals surface area (Å²) in [7, 11) is 0. The number of amides is 1. The second kappa shape index (κ2) is 9.07. The highest BCUT2D eigenvalue weighted by Crippen LogP contribution is 2.12. The summed E-state index contributed by atoms with van der Waals surface area (Å²) in [6.07, 6.45) is 2.13. The van der Waals surface area contributed by atoms with Crippen LogP contribution in [0, 0.1) is 0 Å². The molecule has 0 aliphatic rings. The Bertz CT molecular complexity index is 484. The molecule has 1 amide bonds. The Kier molecular flexibility index (Phi) is 7.43. The van der Waals surface area contributed by atoms with Crippen molar-refractivity contribution >= 4 is 12.1 Å². The summed E-state index contributed by atoms with van der Waals surface area (Å²) < 4.78 is 10.1. The van der Waals surface area contributed by atoms with Crippen molar-refractivity contribution in [2.24, 2.45) is 5.73 Å². The Hall–Kier alpha value is -2.04. The molecule has 1 aromatic carbocycles. The van der Waals surface area contributed by atoms with Gasteiger partial charge in [-0.2, -0.15) is 0 Å². The average molecular weight is 307 g/mol. The number of unbranched alkanes of at least 4 members (excludes halogenated alkanes) is 1. The fraction of sp³-hybridized carbons (Fsp3) is 0.529. The predicted octanol–water partition coefficient (Wildman–Crippen LogP) is 3.45. The average Bonchev–Trinajstić information content (AvgIpc) is 2.44. The minimum Gasteiger partial charge on any atom is -0.459 e. The molecular formula is C17H25NO4. The van der Waals surface area contributed by atoms with Crippen LogP contribution < -0.4 is 5.73 Å². The summed E-state index contributed by atoms with van der Waals surface area (Å²) in [6, 6.07) is 7.47. The lowest BCUT2D eigenvalue weighted by Crippen LogP contribution is -2.25. The van der Waals surface area contributed by atoms with Crippen LogP contribution in [0.25, 0.3) is 0 Å². The number of benzene rings is 1. The van der Waals surface area contributed by atoms with Crippen molar-refractivity contribution in [3.05, 3.63) is 35.4 Å². The fourth-order valence-electron chi connectivity index (χ4n) is 2.20. The van der Waals surface area contributed by atoms with Gasteiger partial charge in [0, 0.05) is 6.42 Å². The first-order valence-electron chi connectivity index (χ1n) is 7.68. The minimum atomic E-state index is -0.825. The van der Waals surface area contributed by atoms with Gasteiger partial charge in [0.05, 0.1) is 5.56 Å². The molecule has 2 N–H and O–H groups in total. The Morgan fingerprint density at radius 3 is 2.23 bits per heavy atom. The molecule has 0 spiro atoms. The van der Waals surface area contributed by atoms with Crippen molar-refractivity contribution in [1.29, 1.82) is 0 Å². The summed E-state index contributed by atoms with van der Waals surface area (Å²) in [4.78, 5) is 22.7.